The summed E-state index contributed by atoms with van der Waals surface area (Å²) >= 11 is 0. The molecule has 1 fully saturated rings. The molecule has 0 aliphatic carbocycles. The van der Waals surface area contributed by atoms with Crippen LogP contribution in [-0.2, 0) is 14.6 Å². The predicted molar refractivity (Wildman–Crippen MR) is 95.9 cm³/mol. The van der Waals surface area contributed by atoms with Gasteiger partial charge in [-0.2, -0.15) is 0 Å². The lowest BCUT2D eigenvalue weighted by atomic mass is 10.1. The van der Waals surface area contributed by atoms with Crippen LogP contribution in [0.15, 0.2) is 54.6 Å². The summed E-state index contributed by atoms with van der Waals surface area (Å²) in [7, 11) is -3.13. The molecule has 1 atom stereocenters. The van der Waals surface area contributed by atoms with E-state index in [4.69, 9.17) is 0 Å². The lowest BCUT2D eigenvalue weighted by Crippen LogP contribution is -2.44. The minimum Gasteiger partial charge on any atom is -0.374 e. The van der Waals surface area contributed by atoms with Crippen LogP contribution in [0.3, 0.4) is 0 Å². The molecule has 1 aliphatic heterocycles. The van der Waals surface area contributed by atoms with Crippen molar-refractivity contribution < 1.29 is 17.6 Å². The normalized spacial score (nSPS) is 18.7. The number of amides is 1. The fraction of sp³-hybridized carbons (Fsp3) is 0.278. The second kappa shape index (κ2) is 7.23. The topological polar surface area (TPSA) is 66.5 Å². The molecule has 0 aromatic heterocycles. The van der Waals surface area contributed by atoms with Crippen LogP contribution >= 0.6 is 0 Å². The quantitative estimate of drug-likeness (QED) is 0.887. The molecular formula is C18H19FN2O3S. The highest BCUT2D eigenvalue weighted by molar-refractivity contribution is 7.91. The summed E-state index contributed by atoms with van der Waals surface area (Å²) in [6.07, 6.45) is 0.405. The van der Waals surface area contributed by atoms with Gasteiger partial charge in [-0.15, -0.1) is 0 Å². The minimum atomic E-state index is -3.13. The molecule has 0 saturated carbocycles. The van der Waals surface area contributed by atoms with Crippen LogP contribution in [0, 0.1) is 5.82 Å². The fourth-order valence-electron chi connectivity index (χ4n) is 2.99. The second-order valence-electron chi connectivity index (χ2n) is 5.99. The van der Waals surface area contributed by atoms with Crippen molar-refractivity contribution >= 4 is 27.1 Å². The number of carbonyl (C=O) groups excluding carboxylic acids is 1. The maximum Gasteiger partial charge on any atom is 0.246 e. The highest BCUT2D eigenvalue weighted by Gasteiger charge is 2.35. The van der Waals surface area contributed by atoms with Crippen LogP contribution in [0.4, 0.5) is 15.8 Å². The van der Waals surface area contributed by atoms with Crippen LogP contribution in [0.2, 0.25) is 0 Å². The smallest absolute Gasteiger partial charge is 0.246 e. The van der Waals surface area contributed by atoms with Gasteiger partial charge in [0.1, 0.15) is 5.82 Å². The predicted octanol–water partition coefficient (Wildman–Crippen LogP) is 2.46. The van der Waals surface area contributed by atoms with Gasteiger partial charge in [-0.3, -0.25) is 4.79 Å². The van der Waals surface area contributed by atoms with Gasteiger partial charge < -0.3 is 10.2 Å². The van der Waals surface area contributed by atoms with Gasteiger partial charge in [-0.05, 0) is 30.7 Å². The minimum absolute atomic E-state index is 0.0483. The van der Waals surface area contributed by atoms with E-state index in [0.717, 1.165) is 0 Å². The zero-order valence-electron chi connectivity index (χ0n) is 13.6. The molecule has 1 unspecified atom stereocenters. The number of carbonyl (C=O) groups is 1. The van der Waals surface area contributed by atoms with Gasteiger partial charge in [0.15, 0.2) is 9.84 Å². The first kappa shape index (κ1) is 17.4. The zero-order chi connectivity index (χ0) is 17.9. The Labute approximate surface area is 146 Å². The van der Waals surface area contributed by atoms with Gasteiger partial charge in [0.25, 0.3) is 0 Å². The molecule has 1 N–H and O–H groups in total. The third kappa shape index (κ3) is 4.17. The number of rotatable bonds is 5. The van der Waals surface area contributed by atoms with Crippen LogP contribution in [0.25, 0.3) is 0 Å². The monoisotopic (exact) mass is 362 g/mol. The molecule has 7 heteroatoms. The van der Waals surface area contributed by atoms with E-state index < -0.39 is 21.7 Å². The molecule has 1 amide bonds. The third-order valence-electron chi connectivity index (χ3n) is 4.18. The molecule has 1 aliphatic rings. The maximum atomic E-state index is 13.7. The van der Waals surface area contributed by atoms with Crippen molar-refractivity contribution in [1.29, 1.82) is 0 Å². The molecule has 0 radical (unpaired) electrons. The van der Waals surface area contributed by atoms with Crippen molar-refractivity contribution in [2.45, 2.75) is 12.5 Å². The van der Waals surface area contributed by atoms with Crippen molar-refractivity contribution in [3.63, 3.8) is 0 Å². The number of halogens is 1. The summed E-state index contributed by atoms with van der Waals surface area (Å²) in [5, 5.41) is 2.79. The highest BCUT2D eigenvalue weighted by atomic mass is 32.2. The van der Waals surface area contributed by atoms with Gasteiger partial charge in [-0.25, -0.2) is 12.8 Å². The molecule has 0 bridgehead atoms. The van der Waals surface area contributed by atoms with Crippen LogP contribution < -0.4 is 10.2 Å². The Balaban J connectivity index is 1.79. The van der Waals surface area contributed by atoms with Crippen LogP contribution in [0.1, 0.15) is 6.42 Å². The number of hydrogen-bond donors (Lipinski definition) is 1. The first-order valence-corrected chi connectivity index (χ1v) is 9.84. The van der Waals surface area contributed by atoms with Crippen LogP contribution in [0.5, 0.6) is 0 Å². The maximum absolute atomic E-state index is 13.7. The molecule has 2 aromatic carbocycles. The molecule has 2 aromatic rings. The van der Waals surface area contributed by atoms with Crippen molar-refractivity contribution in [3.8, 4) is 0 Å². The zero-order valence-corrected chi connectivity index (χ0v) is 14.4. The van der Waals surface area contributed by atoms with Crippen molar-refractivity contribution in [2.24, 2.45) is 0 Å². The number of para-hydroxylation sites is 2. The Morgan fingerprint density at radius 3 is 2.44 bits per heavy atom. The summed E-state index contributed by atoms with van der Waals surface area (Å²) in [6, 6.07) is 14.7. The molecule has 1 heterocycles. The van der Waals surface area contributed by atoms with E-state index in [2.05, 4.69) is 5.32 Å². The van der Waals surface area contributed by atoms with Gasteiger partial charge in [0, 0.05) is 5.69 Å². The van der Waals surface area contributed by atoms with E-state index in [0.29, 0.717) is 12.1 Å². The molecule has 25 heavy (non-hydrogen) atoms. The van der Waals surface area contributed by atoms with Gasteiger partial charge >= 0.3 is 0 Å². The number of hydrogen-bond acceptors (Lipinski definition) is 4. The first-order valence-electron chi connectivity index (χ1n) is 8.02. The van der Waals surface area contributed by atoms with Crippen molar-refractivity contribution in [3.05, 3.63) is 60.4 Å². The largest absolute Gasteiger partial charge is 0.374 e. The molecule has 0 spiro atoms. The van der Waals surface area contributed by atoms with Gasteiger partial charge in [0.05, 0.1) is 29.8 Å². The van der Waals surface area contributed by atoms with E-state index in [1.807, 2.05) is 6.07 Å². The molecule has 132 valence electrons. The third-order valence-corrected chi connectivity index (χ3v) is 5.93. The molecule has 1 saturated heterocycles. The van der Waals surface area contributed by atoms with Crippen LogP contribution in [-0.4, -0.2) is 38.4 Å². The number of nitrogens with zero attached hydrogens (tertiary/aromatic N) is 1. The summed E-state index contributed by atoms with van der Waals surface area (Å²) in [5.74, 6) is -0.705. The highest BCUT2D eigenvalue weighted by Crippen LogP contribution is 2.24. The SMILES string of the molecule is O=C(CNc1ccccc1F)N(c1ccccc1)C1CCS(=O)(=O)C1. The molecule has 3 rings (SSSR count). The van der Waals surface area contributed by atoms with Crippen molar-refractivity contribution in [1.82, 2.24) is 0 Å². The number of anilines is 2. The number of benzene rings is 2. The summed E-state index contributed by atoms with van der Waals surface area (Å²) in [4.78, 5) is 14.3. The van der Waals surface area contributed by atoms with E-state index in [-0.39, 0.29) is 29.6 Å². The van der Waals surface area contributed by atoms with E-state index in [1.54, 1.807) is 42.5 Å². The summed E-state index contributed by atoms with van der Waals surface area (Å²) in [5.41, 5.74) is 0.882. The summed E-state index contributed by atoms with van der Waals surface area (Å²) in [6.45, 7) is -0.119. The van der Waals surface area contributed by atoms with E-state index in [9.17, 15) is 17.6 Å². The Morgan fingerprint density at radius 2 is 1.80 bits per heavy atom. The Bertz CT molecular complexity index is 856. The van der Waals surface area contributed by atoms with Crippen molar-refractivity contribution in [2.75, 3.05) is 28.3 Å². The standard InChI is InChI=1S/C18H19FN2O3S/c19-16-8-4-5-9-17(16)20-12-18(22)21(14-6-2-1-3-7-14)15-10-11-25(23,24)13-15/h1-9,15,20H,10-13H2. The lowest BCUT2D eigenvalue weighted by molar-refractivity contribution is -0.117. The average Bonchev–Trinajstić information content (AvgIpc) is 2.95. The number of nitrogens with one attached hydrogen (secondary N) is 1. The number of sulfone groups is 1. The first-order chi connectivity index (χ1) is 12.0. The second-order valence-corrected chi connectivity index (χ2v) is 8.22. The average molecular weight is 362 g/mol. The Morgan fingerprint density at radius 1 is 1.12 bits per heavy atom. The lowest BCUT2D eigenvalue weighted by Gasteiger charge is -2.28. The fourth-order valence-corrected chi connectivity index (χ4v) is 4.69. The van der Waals surface area contributed by atoms with E-state index >= 15 is 0 Å². The Hall–Kier alpha value is -2.41. The summed E-state index contributed by atoms with van der Waals surface area (Å²) < 4.78 is 37.3. The van der Waals surface area contributed by atoms with Gasteiger partial charge in [0.2, 0.25) is 5.91 Å². The Kier molecular flexibility index (Phi) is 5.03. The molecular weight excluding hydrogens is 343 g/mol. The molecule has 5 nitrogen and oxygen atoms in total. The van der Waals surface area contributed by atoms with Gasteiger partial charge in [-0.1, -0.05) is 30.3 Å². The van der Waals surface area contributed by atoms with E-state index in [1.165, 1.54) is 11.0 Å².